The second kappa shape index (κ2) is 2.78. The van der Waals surface area contributed by atoms with E-state index in [1.165, 1.54) is 0 Å². The molecule has 3 heteroatoms. The van der Waals surface area contributed by atoms with E-state index in [1.54, 1.807) is 0 Å². The number of anilines is 1. The van der Waals surface area contributed by atoms with Crippen molar-refractivity contribution in [1.29, 1.82) is 0 Å². The Labute approximate surface area is 76.7 Å². The molecule has 1 heterocycles. The Balaban J connectivity index is 2.62. The predicted octanol–water partition coefficient (Wildman–Crippen LogP) is 1.77. The number of aromatic amines is 1. The highest BCUT2D eigenvalue weighted by atomic mass is 14.8. The van der Waals surface area contributed by atoms with Gasteiger partial charge in [0.2, 0.25) is 0 Å². The fourth-order valence-electron chi connectivity index (χ4n) is 1.42. The van der Waals surface area contributed by atoms with E-state index in [0.29, 0.717) is 0 Å². The summed E-state index contributed by atoms with van der Waals surface area (Å²) in [5.74, 6) is 0. The van der Waals surface area contributed by atoms with Crippen LogP contribution in [0.4, 0.5) is 5.69 Å². The molecular weight excluding hydrogens is 162 g/mol. The molecule has 0 aliphatic heterocycles. The van der Waals surface area contributed by atoms with E-state index in [2.05, 4.69) is 4.98 Å². The highest BCUT2D eigenvalue weighted by Gasteiger charge is 2.03. The molecule has 5 N–H and O–H groups in total. The minimum absolute atomic E-state index is 0.0358. The van der Waals surface area contributed by atoms with E-state index < -0.39 is 0 Å². The Morgan fingerprint density at radius 2 is 2.08 bits per heavy atom. The summed E-state index contributed by atoms with van der Waals surface area (Å²) >= 11 is 0. The third-order valence-electron chi connectivity index (χ3n) is 2.16. The van der Waals surface area contributed by atoms with Crippen molar-refractivity contribution in [3.8, 4) is 0 Å². The number of benzene rings is 1. The van der Waals surface area contributed by atoms with Gasteiger partial charge in [0.05, 0.1) is 0 Å². The van der Waals surface area contributed by atoms with Crippen LogP contribution in [0.15, 0.2) is 24.3 Å². The molecule has 0 bridgehead atoms. The van der Waals surface area contributed by atoms with Crippen molar-refractivity contribution in [3.63, 3.8) is 0 Å². The van der Waals surface area contributed by atoms with Gasteiger partial charge in [-0.05, 0) is 31.2 Å². The third kappa shape index (κ3) is 1.38. The van der Waals surface area contributed by atoms with Gasteiger partial charge in [-0.15, -0.1) is 0 Å². The number of H-pyrrole nitrogens is 1. The maximum Gasteiger partial charge on any atom is 0.0458 e. The Morgan fingerprint density at radius 3 is 2.77 bits per heavy atom. The third-order valence-corrected chi connectivity index (χ3v) is 2.16. The first-order valence-electron chi connectivity index (χ1n) is 4.30. The second-order valence-corrected chi connectivity index (χ2v) is 3.36. The molecular formula is C10H13N3. The summed E-state index contributed by atoms with van der Waals surface area (Å²) < 4.78 is 0. The Kier molecular flexibility index (Phi) is 1.74. The molecule has 0 spiro atoms. The normalized spacial score (nSPS) is 13.4. The lowest BCUT2D eigenvalue weighted by Gasteiger charge is -1.98. The fourth-order valence-corrected chi connectivity index (χ4v) is 1.42. The van der Waals surface area contributed by atoms with Gasteiger partial charge in [0, 0.05) is 28.3 Å². The van der Waals surface area contributed by atoms with Crippen LogP contribution in [0.3, 0.4) is 0 Å². The average Bonchev–Trinajstić information content (AvgIpc) is 2.46. The van der Waals surface area contributed by atoms with Crippen molar-refractivity contribution in [3.05, 3.63) is 30.0 Å². The van der Waals surface area contributed by atoms with Crippen LogP contribution in [0.2, 0.25) is 0 Å². The minimum Gasteiger partial charge on any atom is -0.399 e. The number of hydrogen-bond acceptors (Lipinski definition) is 2. The van der Waals surface area contributed by atoms with Gasteiger partial charge in [-0.2, -0.15) is 0 Å². The molecule has 3 nitrogen and oxygen atoms in total. The van der Waals surface area contributed by atoms with Crippen LogP contribution in [0.1, 0.15) is 18.7 Å². The van der Waals surface area contributed by atoms with Crippen LogP contribution in [-0.4, -0.2) is 4.98 Å². The highest BCUT2D eigenvalue weighted by Crippen LogP contribution is 2.20. The Morgan fingerprint density at radius 1 is 1.31 bits per heavy atom. The van der Waals surface area contributed by atoms with Crippen molar-refractivity contribution in [2.24, 2.45) is 5.73 Å². The number of aromatic nitrogens is 1. The minimum atomic E-state index is 0.0358. The van der Waals surface area contributed by atoms with Crippen molar-refractivity contribution >= 4 is 16.6 Å². The quantitative estimate of drug-likeness (QED) is 0.578. The second-order valence-electron chi connectivity index (χ2n) is 3.36. The molecule has 0 saturated heterocycles. The van der Waals surface area contributed by atoms with Gasteiger partial charge in [0.15, 0.2) is 0 Å². The first-order valence-corrected chi connectivity index (χ1v) is 4.30. The van der Waals surface area contributed by atoms with Gasteiger partial charge < -0.3 is 16.5 Å². The van der Waals surface area contributed by atoms with Gasteiger partial charge in [-0.25, -0.2) is 0 Å². The maximum absolute atomic E-state index is 5.75. The molecule has 0 fully saturated rings. The Bertz CT molecular complexity index is 429. The molecule has 0 aliphatic carbocycles. The van der Waals surface area contributed by atoms with E-state index in [4.69, 9.17) is 11.5 Å². The molecule has 0 saturated carbocycles. The zero-order valence-electron chi connectivity index (χ0n) is 7.54. The first-order chi connectivity index (χ1) is 6.16. The number of fused-ring (bicyclic) bond motifs is 1. The molecule has 0 aliphatic rings. The largest absolute Gasteiger partial charge is 0.399 e. The standard InChI is InChI=1S/C10H13N3/c1-6(11)10-5-7-4-8(12)2-3-9(7)13-10/h2-6,13H,11-12H2,1H3/t6-/m0/s1. The molecule has 1 atom stereocenters. The lowest BCUT2D eigenvalue weighted by molar-refractivity contribution is 0.792. The maximum atomic E-state index is 5.75. The molecule has 0 radical (unpaired) electrons. The predicted molar refractivity (Wildman–Crippen MR) is 55.3 cm³/mol. The topological polar surface area (TPSA) is 67.8 Å². The summed E-state index contributed by atoms with van der Waals surface area (Å²) in [6.45, 7) is 1.95. The van der Waals surface area contributed by atoms with Crippen molar-refractivity contribution < 1.29 is 0 Å². The highest BCUT2D eigenvalue weighted by molar-refractivity contribution is 5.83. The summed E-state index contributed by atoms with van der Waals surface area (Å²) in [5, 5.41) is 1.12. The molecule has 68 valence electrons. The van der Waals surface area contributed by atoms with Crippen LogP contribution >= 0.6 is 0 Å². The van der Waals surface area contributed by atoms with Crippen LogP contribution < -0.4 is 11.5 Å². The Hall–Kier alpha value is -1.48. The monoisotopic (exact) mass is 175 g/mol. The summed E-state index contributed by atoms with van der Waals surface area (Å²) in [7, 11) is 0. The van der Waals surface area contributed by atoms with E-state index in [9.17, 15) is 0 Å². The average molecular weight is 175 g/mol. The van der Waals surface area contributed by atoms with Gasteiger partial charge >= 0.3 is 0 Å². The molecule has 1 aromatic heterocycles. The molecule has 1 aromatic carbocycles. The van der Waals surface area contributed by atoms with Gasteiger partial charge in [-0.3, -0.25) is 0 Å². The van der Waals surface area contributed by atoms with E-state index in [1.807, 2.05) is 31.2 Å². The molecule has 2 aromatic rings. The van der Waals surface area contributed by atoms with E-state index in [0.717, 1.165) is 22.3 Å². The summed E-state index contributed by atoms with van der Waals surface area (Å²) in [5.41, 5.74) is 14.3. The van der Waals surface area contributed by atoms with Gasteiger partial charge in [0.1, 0.15) is 0 Å². The molecule has 13 heavy (non-hydrogen) atoms. The van der Waals surface area contributed by atoms with Crippen molar-refractivity contribution in [1.82, 2.24) is 4.98 Å². The smallest absolute Gasteiger partial charge is 0.0458 e. The zero-order chi connectivity index (χ0) is 9.42. The molecule has 2 rings (SSSR count). The lowest BCUT2D eigenvalue weighted by Crippen LogP contribution is -2.04. The van der Waals surface area contributed by atoms with E-state index >= 15 is 0 Å². The number of nitrogen functional groups attached to an aromatic ring is 1. The number of nitrogens with two attached hydrogens (primary N) is 2. The summed E-state index contributed by atoms with van der Waals surface area (Å²) in [6.07, 6.45) is 0. The first kappa shape index (κ1) is 8.13. The van der Waals surface area contributed by atoms with E-state index in [-0.39, 0.29) is 6.04 Å². The molecule has 0 unspecified atom stereocenters. The van der Waals surface area contributed by atoms with Crippen molar-refractivity contribution in [2.75, 3.05) is 5.73 Å². The lowest BCUT2D eigenvalue weighted by atomic mass is 10.2. The SMILES string of the molecule is C[C@H](N)c1cc2cc(N)ccc2[nH]1. The summed E-state index contributed by atoms with van der Waals surface area (Å²) in [4.78, 5) is 3.24. The fraction of sp³-hybridized carbons (Fsp3) is 0.200. The van der Waals surface area contributed by atoms with Gasteiger partial charge in [0.25, 0.3) is 0 Å². The van der Waals surface area contributed by atoms with Gasteiger partial charge in [-0.1, -0.05) is 0 Å². The molecule has 0 amide bonds. The number of rotatable bonds is 1. The number of nitrogens with one attached hydrogen (secondary N) is 1. The van der Waals surface area contributed by atoms with Crippen molar-refractivity contribution in [2.45, 2.75) is 13.0 Å². The van der Waals surface area contributed by atoms with Crippen LogP contribution in [0.25, 0.3) is 10.9 Å². The summed E-state index contributed by atoms with van der Waals surface area (Å²) in [6, 6.07) is 7.86. The van der Waals surface area contributed by atoms with Crippen LogP contribution in [-0.2, 0) is 0 Å². The van der Waals surface area contributed by atoms with Crippen LogP contribution in [0, 0.1) is 0 Å². The zero-order valence-corrected chi connectivity index (χ0v) is 7.54. The van der Waals surface area contributed by atoms with Crippen LogP contribution in [0.5, 0.6) is 0 Å². The number of hydrogen-bond donors (Lipinski definition) is 3.